The molecule has 1 aliphatic rings. The molecule has 0 bridgehead atoms. The Morgan fingerprint density at radius 2 is 1.93 bits per heavy atom. The molecule has 1 atom stereocenters. The lowest BCUT2D eigenvalue weighted by Crippen LogP contribution is -2.35. The van der Waals surface area contributed by atoms with E-state index in [1.807, 2.05) is 0 Å². The number of aromatic nitrogens is 1. The summed E-state index contributed by atoms with van der Waals surface area (Å²) in [7, 11) is -2.39. The van der Waals surface area contributed by atoms with Crippen LogP contribution in [0.4, 0.5) is 10.1 Å². The number of hydrogen-bond donors (Lipinski definition) is 3. The Bertz CT molecular complexity index is 1120. The van der Waals surface area contributed by atoms with Crippen LogP contribution < -0.4 is 10.3 Å². The first-order valence-electron chi connectivity index (χ1n) is 9.75. The molecular weight excluding hydrogens is 411 g/mol. The number of anilines is 1. The molecule has 0 saturated heterocycles. The molecule has 0 amide bonds. The summed E-state index contributed by atoms with van der Waals surface area (Å²) in [5.74, 6) is -0.429. The minimum absolute atomic E-state index is 0.0300. The summed E-state index contributed by atoms with van der Waals surface area (Å²) in [4.78, 5) is 12.5. The third-order valence-electron chi connectivity index (χ3n) is 5.73. The zero-order valence-corrected chi connectivity index (χ0v) is 18.1. The van der Waals surface area contributed by atoms with Crippen molar-refractivity contribution < 1.29 is 23.0 Å². The first kappa shape index (κ1) is 22.5. The largest absolute Gasteiger partial charge is 0.394 e. The average molecular weight is 439 g/mol. The van der Waals surface area contributed by atoms with E-state index in [-0.39, 0.29) is 24.1 Å². The predicted molar refractivity (Wildman–Crippen MR) is 113 cm³/mol. The van der Waals surface area contributed by atoms with Crippen LogP contribution in [0.5, 0.6) is 0 Å². The minimum Gasteiger partial charge on any atom is -0.394 e. The maximum Gasteiger partial charge on any atom is 0.253 e. The lowest BCUT2D eigenvalue weighted by molar-refractivity contribution is 0.0858. The SMILES string of the molecule is Cc1ccc(Cc2c(NS(=O)(=O)C3(C[C@H](O)CO)CC3)cc(C)c(=O)n2C)c(F)c1. The monoisotopic (exact) mass is 438 g/mol. The normalized spacial score (nSPS) is 16.3. The number of rotatable bonds is 8. The van der Waals surface area contributed by atoms with Crippen LogP contribution in [-0.4, -0.2) is 40.7 Å². The molecule has 0 spiro atoms. The molecule has 30 heavy (non-hydrogen) atoms. The molecular formula is C21H27FN2O5S. The van der Waals surface area contributed by atoms with Gasteiger partial charge >= 0.3 is 0 Å². The maximum atomic E-state index is 14.4. The second-order valence-corrected chi connectivity index (χ2v) is 10.2. The topological polar surface area (TPSA) is 109 Å². The van der Waals surface area contributed by atoms with Gasteiger partial charge < -0.3 is 14.8 Å². The summed E-state index contributed by atoms with van der Waals surface area (Å²) in [5.41, 5.74) is 1.71. The van der Waals surface area contributed by atoms with Crippen molar-refractivity contribution in [3.8, 4) is 0 Å². The lowest BCUT2D eigenvalue weighted by atomic mass is 10.0. The van der Waals surface area contributed by atoms with Crippen LogP contribution in [0.15, 0.2) is 29.1 Å². The Labute approximate surface area is 175 Å². The quantitative estimate of drug-likeness (QED) is 0.582. The Hall–Kier alpha value is -2.23. The van der Waals surface area contributed by atoms with Gasteiger partial charge in [0.25, 0.3) is 5.56 Å². The summed E-state index contributed by atoms with van der Waals surface area (Å²) in [6.07, 6.45) is -0.446. The summed E-state index contributed by atoms with van der Waals surface area (Å²) in [6.45, 7) is 2.83. The van der Waals surface area contributed by atoms with Gasteiger partial charge in [-0.3, -0.25) is 9.52 Å². The van der Waals surface area contributed by atoms with Gasteiger partial charge in [0.1, 0.15) is 5.82 Å². The molecule has 1 aliphatic carbocycles. The van der Waals surface area contributed by atoms with Gasteiger partial charge in [-0.2, -0.15) is 0 Å². The van der Waals surface area contributed by atoms with Gasteiger partial charge in [-0.1, -0.05) is 12.1 Å². The van der Waals surface area contributed by atoms with E-state index in [0.29, 0.717) is 29.7 Å². The summed E-state index contributed by atoms with van der Waals surface area (Å²) in [6, 6.07) is 6.22. The van der Waals surface area contributed by atoms with E-state index < -0.39 is 33.3 Å². The van der Waals surface area contributed by atoms with Crippen LogP contribution in [0.2, 0.25) is 0 Å². The molecule has 1 saturated carbocycles. The summed E-state index contributed by atoms with van der Waals surface area (Å²) < 4.78 is 43.4. The molecule has 2 aromatic rings. The van der Waals surface area contributed by atoms with Crippen LogP contribution in [0, 0.1) is 19.7 Å². The van der Waals surface area contributed by atoms with E-state index >= 15 is 0 Å². The van der Waals surface area contributed by atoms with E-state index in [9.17, 15) is 22.7 Å². The van der Waals surface area contributed by atoms with E-state index in [1.165, 1.54) is 23.7 Å². The van der Waals surface area contributed by atoms with Crippen molar-refractivity contribution in [1.29, 1.82) is 0 Å². The van der Waals surface area contributed by atoms with Crippen molar-refractivity contribution in [2.75, 3.05) is 11.3 Å². The van der Waals surface area contributed by atoms with Crippen molar-refractivity contribution in [1.82, 2.24) is 4.57 Å². The van der Waals surface area contributed by atoms with Gasteiger partial charge in [0.2, 0.25) is 10.0 Å². The fraction of sp³-hybridized carbons (Fsp3) is 0.476. The van der Waals surface area contributed by atoms with E-state index in [1.54, 1.807) is 26.0 Å². The van der Waals surface area contributed by atoms with Gasteiger partial charge in [-0.15, -0.1) is 0 Å². The predicted octanol–water partition coefficient (Wildman–Crippen LogP) is 1.75. The molecule has 0 unspecified atom stereocenters. The van der Waals surface area contributed by atoms with Crippen LogP contribution >= 0.6 is 0 Å². The van der Waals surface area contributed by atoms with Gasteiger partial charge in [0.15, 0.2) is 0 Å². The average Bonchev–Trinajstić information content (AvgIpc) is 3.45. The van der Waals surface area contributed by atoms with Crippen molar-refractivity contribution >= 4 is 15.7 Å². The molecule has 1 aromatic heterocycles. The third kappa shape index (κ3) is 4.28. The number of aryl methyl sites for hydroxylation is 2. The zero-order valence-electron chi connectivity index (χ0n) is 17.3. The van der Waals surface area contributed by atoms with Gasteiger partial charge in [-0.05, 0) is 56.4 Å². The van der Waals surface area contributed by atoms with Crippen LogP contribution in [0.3, 0.4) is 0 Å². The highest BCUT2D eigenvalue weighted by atomic mass is 32.2. The second-order valence-electron chi connectivity index (χ2n) is 8.15. The number of nitrogens with one attached hydrogen (secondary N) is 1. The first-order valence-corrected chi connectivity index (χ1v) is 11.2. The molecule has 164 valence electrons. The zero-order chi connectivity index (χ0) is 22.3. The highest BCUT2D eigenvalue weighted by Crippen LogP contribution is 2.48. The molecule has 7 nitrogen and oxygen atoms in total. The van der Waals surface area contributed by atoms with Gasteiger partial charge in [-0.25, -0.2) is 12.8 Å². The Morgan fingerprint density at radius 3 is 2.50 bits per heavy atom. The highest BCUT2D eigenvalue weighted by Gasteiger charge is 2.55. The number of pyridine rings is 1. The number of nitrogens with zero attached hydrogens (tertiary/aromatic N) is 1. The number of aliphatic hydroxyl groups is 2. The smallest absolute Gasteiger partial charge is 0.253 e. The van der Waals surface area contributed by atoms with Gasteiger partial charge in [0.05, 0.1) is 23.1 Å². The molecule has 0 radical (unpaired) electrons. The number of halogens is 1. The maximum absolute atomic E-state index is 14.4. The highest BCUT2D eigenvalue weighted by molar-refractivity contribution is 7.94. The van der Waals surface area contributed by atoms with Crippen molar-refractivity contribution in [2.45, 2.75) is 50.4 Å². The number of aliphatic hydroxyl groups excluding tert-OH is 2. The Kier molecular flexibility index (Phi) is 6.08. The van der Waals surface area contributed by atoms with E-state index in [4.69, 9.17) is 5.11 Å². The molecule has 1 fully saturated rings. The third-order valence-corrected chi connectivity index (χ3v) is 7.93. The van der Waals surface area contributed by atoms with Crippen LogP contribution in [0.1, 0.15) is 41.6 Å². The lowest BCUT2D eigenvalue weighted by Gasteiger charge is -2.22. The van der Waals surface area contributed by atoms with Crippen molar-refractivity contribution in [2.24, 2.45) is 7.05 Å². The minimum atomic E-state index is -3.92. The number of hydrogen-bond acceptors (Lipinski definition) is 5. The second kappa shape index (κ2) is 8.13. The fourth-order valence-electron chi connectivity index (χ4n) is 3.68. The molecule has 3 rings (SSSR count). The van der Waals surface area contributed by atoms with Crippen LogP contribution in [-0.2, 0) is 23.5 Å². The van der Waals surface area contributed by atoms with Gasteiger partial charge in [0, 0.05) is 24.7 Å². The van der Waals surface area contributed by atoms with Crippen LogP contribution in [0.25, 0.3) is 0 Å². The Balaban J connectivity index is 2.01. The summed E-state index contributed by atoms with van der Waals surface area (Å²) in [5, 5.41) is 18.9. The molecule has 1 aromatic carbocycles. The van der Waals surface area contributed by atoms with E-state index in [2.05, 4.69) is 4.72 Å². The van der Waals surface area contributed by atoms with E-state index in [0.717, 1.165) is 5.56 Å². The standard InChI is InChI=1S/C21H27FN2O5S/c1-13-4-5-15(17(22)8-13)10-19-18(9-14(2)20(27)24(19)3)23-30(28,29)21(6-7-21)11-16(26)12-25/h4-5,8-9,16,23,25-26H,6-7,10-12H2,1-3H3/t16-/m0/s1. The first-order chi connectivity index (χ1) is 14.0. The molecule has 3 N–H and O–H groups in total. The van der Waals surface area contributed by atoms with Crippen molar-refractivity contribution in [3.63, 3.8) is 0 Å². The number of benzene rings is 1. The van der Waals surface area contributed by atoms with Crippen molar-refractivity contribution in [3.05, 3.63) is 62.8 Å². The molecule has 9 heteroatoms. The summed E-state index contributed by atoms with van der Waals surface area (Å²) >= 11 is 0. The molecule has 0 aliphatic heterocycles. The fourth-order valence-corrected chi connectivity index (χ4v) is 5.41. The molecule has 1 heterocycles. The Morgan fingerprint density at radius 1 is 1.27 bits per heavy atom. The number of sulfonamides is 1.